The lowest BCUT2D eigenvalue weighted by atomic mass is 10.2. The largest absolute Gasteiger partial charge is 0.467 e. The molecule has 27 heavy (non-hydrogen) atoms. The van der Waals surface area contributed by atoms with Gasteiger partial charge in [-0.2, -0.15) is 0 Å². The van der Waals surface area contributed by atoms with Crippen molar-refractivity contribution in [3.63, 3.8) is 0 Å². The lowest BCUT2D eigenvalue weighted by Gasteiger charge is -2.29. The zero-order chi connectivity index (χ0) is 19.8. The van der Waals surface area contributed by atoms with Crippen molar-refractivity contribution >= 4 is 11.8 Å². The number of furan rings is 1. The van der Waals surface area contributed by atoms with Crippen molar-refractivity contribution in [2.75, 3.05) is 20.3 Å². The highest BCUT2D eigenvalue weighted by Gasteiger charge is 2.24. The number of nitrogens with zero attached hydrogens (tertiary/aromatic N) is 2. The van der Waals surface area contributed by atoms with Crippen LogP contribution < -0.4 is 0 Å². The molecule has 0 spiro atoms. The van der Waals surface area contributed by atoms with Gasteiger partial charge in [0.25, 0.3) is 0 Å². The fourth-order valence-corrected chi connectivity index (χ4v) is 2.64. The van der Waals surface area contributed by atoms with Crippen LogP contribution in [0.25, 0.3) is 0 Å². The Morgan fingerprint density at radius 3 is 2.37 bits per heavy atom. The zero-order valence-corrected chi connectivity index (χ0v) is 15.9. The highest BCUT2D eigenvalue weighted by atomic mass is 19.1. The number of ether oxygens (including phenoxy) is 1. The van der Waals surface area contributed by atoms with Crippen molar-refractivity contribution < 1.29 is 23.1 Å². The van der Waals surface area contributed by atoms with Crippen molar-refractivity contribution in [2.24, 2.45) is 0 Å². The monoisotopic (exact) mass is 376 g/mol. The third kappa shape index (κ3) is 6.21. The lowest BCUT2D eigenvalue weighted by molar-refractivity contribution is -0.145. The Labute approximate surface area is 158 Å². The molecule has 1 aromatic carbocycles. The van der Waals surface area contributed by atoms with Crippen LogP contribution in [0.4, 0.5) is 4.39 Å². The molecule has 6 nitrogen and oxygen atoms in total. The predicted octanol–water partition coefficient (Wildman–Crippen LogP) is 2.83. The maximum Gasteiger partial charge on any atom is 0.249 e. The molecule has 1 heterocycles. The smallest absolute Gasteiger partial charge is 0.249 e. The molecule has 0 saturated heterocycles. The number of halogens is 1. The molecular weight excluding hydrogens is 351 g/mol. The van der Waals surface area contributed by atoms with Crippen molar-refractivity contribution in [1.82, 2.24) is 9.80 Å². The minimum atomic E-state index is -0.334. The Hall–Kier alpha value is -2.67. The molecule has 146 valence electrons. The second kappa shape index (κ2) is 9.87. The van der Waals surface area contributed by atoms with E-state index in [-0.39, 0.29) is 49.9 Å². The Morgan fingerprint density at radius 1 is 1.11 bits per heavy atom. The number of carbonyl (C=O) groups is 2. The number of hydrogen-bond donors (Lipinski definition) is 0. The summed E-state index contributed by atoms with van der Waals surface area (Å²) in [5.74, 6) is -0.182. The quantitative estimate of drug-likeness (QED) is 0.675. The van der Waals surface area contributed by atoms with E-state index < -0.39 is 0 Å². The molecule has 2 rings (SSSR count). The normalized spacial score (nSPS) is 10.9. The molecule has 0 N–H and O–H groups in total. The van der Waals surface area contributed by atoms with Gasteiger partial charge in [-0.05, 0) is 43.7 Å². The Bertz CT molecular complexity index is 729. The summed E-state index contributed by atoms with van der Waals surface area (Å²) in [7, 11) is 1.44. The second-order valence-corrected chi connectivity index (χ2v) is 6.50. The standard InChI is InChI=1S/C20H25FN2O4/c1-15(2)23(20(25)14-26-3)13-19(24)22(12-18-5-4-10-27-18)11-16-6-8-17(21)9-7-16/h4-10,15H,11-14H2,1-3H3. The summed E-state index contributed by atoms with van der Waals surface area (Å²) in [6.07, 6.45) is 1.54. The van der Waals surface area contributed by atoms with Crippen molar-refractivity contribution in [2.45, 2.75) is 33.0 Å². The van der Waals surface area contributed by atoms with Gasteiger partial charge in [0.15, 0.2) is 0 Å². The molecule has 0 fully saturated rings. The van der Waals surface area contributed by atoms with Gasteiger partial charge in [-0.3, -0.25) is 9.59 Å². The molecule has 7 heteroatoms. The summed E-state index contributed by atoms with van der Waals surface area (Å²) < 4.78 is 23.4. The number of benzene rings is 1. The molecule has 2 amide bonds. The molecule has 0 bridgehead atoms. The first-order chi connectivity index (χ1) is 12.9. The highest BCUT2D eigenvalue weighted by molar-refractivity contribution is 5.85. The first-order valence-electron chi connectivity index (χ1n) is 8.73. The molecule has 1 aromatic heterocycles. The second-order valence-electron chi connectivity index (χ2n) is 6.50. The van der Waals surface area contributed by atoms with E-state index >= 15 is 0 Å². The molecule has 0 aliphatic carbocycles. The summed E-state index contributed by atoms with van der Waals surface area (Å²) in [5, 5.41) is 0. The van der Waals surface area contributed by atoms with Gasteiger partial charge in [-0.15, -0.1) is 0 Å². The van der Waals surface area contributed by atoms with Crippen LogP contribution in [0.15, 0.2) is 47.1 Å². The highest BCUT2D eigenvalue weighted by Crippen LogP contribution is 2.13. The van der Waals surface area contributed by atoms with E-state index in [2.05, 4.69) is 0 Å². The van der Waals surface area contributed by atoms with Crippen molar-refractivity contribution in [3.8, 4) is 0 Å². The van der Waals surface area contributed by atoms with Crippen molar-refractivity contribution in [3.05, 3.63) is 59.8 Å². The molecular formula is C20H25FN2O4. The third-order valence-corrected chi connectivity index (χ3v) is 4.08. The number of hydrogen-bond acceptors (Lipinski definition) is 4. The number of rotatable bonds is 9. The van der Waals surface area contributed by atoms with Gasteiger partial charge < -0.3 is 19.0 Å². The van der Waals surface area contributed by atoms with Gasteiger partial charge in [-0.1, -0.05) is 12.1 Å². The van der Waals surface area contributed by atoms with Crippen LogP contribution >= 0.6 is 0 Å². The van der Waals surface area contributed by atoms with Crippen LogP contribution in [-0.2, 0) is 27.4 Å². The maximum atomic E-state index is 13.2. The molecule has 0 unspecified atom stereocenters. The van der Waals surface area contributed by atoms with Crippen LogP contribution in [0.2, 0.25) is 0 Å². The summed E-state index contributed by atoms with van der Waals surface area (Å²) in [6, 6.07) is 9.36. The van der Waals surface area contributed by atoms with E-state index in [9.17, 15) is 14.0 Å². The fourth-order valence-electron chi connectivity index (χ4n) is 2.64. The van der Waals surface area contributed by atoms with Crippen LogP contribution in [0.3, 0.4) is 0 Å². The van der Waals surface area contributed by atoms with Crippen LogP contribution in [0.1, 0.15) is 25.2 Å². The van der Waals surface area contributed by atoms with Gasteiger partial charge in [0.05, 0.1) is 12.8 Å². The van der Waals surface area contributed by atoms with E-state index in [0.717, 1.165) is 5.56 Å². The zero-order valence-electron chi connectivity index (χ0n) is 15.9. The van der Waals surface area contributed by atoms with Crippen molar-refractivity contribution in [1.29, 1.82) is 0 Å². The van der Waals surface area contributed by atoms with E-state index in [0.29, 0.717) is 5.76 Å². The average Bonchev–Trinajstić information content (AvgIpc) is 3.13. The van der Waals surface area contributed by atoms with Gasteiger partial charge in [0.2, 0.25) is 11.8 Å². The number of amides is 2. The van der Waals surface area contributed by atoms with Gasteiger partial charge >= 0.3 is 0 Å². The van der Waals surface area contributed by atoms with Gasteiger partial charge in [-0.25, -0.2) is 4.39 Å². The molecule has 0 aliphatic rings. The number of methoxy groups -OCH3 is 1. The molecule has 0 saturated carbocycles. The maximum absolute atomic E-state index is 13.2. The SMILES string of the molecule is COCC(=O)N(CC(=O)N(Cc1ccc(F)cc1)Cc1ccco1)C(C)C. The Balaban J connectivity index is 2.16. The summed E-state index contributed by atoms with van der Waals surface area (Å²) in [4.78, 5) is 28.2. The topological polar surface area (TPSA) is 63.0 Å². The van der Waals surface area contributed by atoms with E-state index in [1.807, 2.05) is 13.8 Å². The van der Waals surface area contributed by atoms with E-state index in [1.54, 1.807) is 35.4 Å². The molecule has 0 radical (unpaired) electrons. The molecule has 2 aromatic rings. The number of carbonyl (C=O) groups excluding carboxylic acids is 2. The van der Waals surface area contributed by atoms with Gasteiger partial charge in [0.1, 0.15) is 24.7 Å². The van der Waals surface area contributed by atoms with E-state index in [1.165, 1.54) is 24.1 Å². The van der Waals surface area contributed by atoms with Crippen LogP contribution in [0, 0.1) is 5.82 Å². The predicted molar refractivity (Wildman–Crippen MR) is 98.1 cm³/mol. The summed E-state index contributed by atoms with van der Waals surface area (Å²) in [5.41, 5.74) is 0.788. The first-order valence-corrected chi connectivity index (χ1v) is 8.73. The molecule has 0 aliphatic heterocycles. The Kier molecular flexibility index (Phi) is 7.55. The first kappa shape index (κ1) is 20.6. The fraction of sp³-hybridized carbons (Fsp3) is 0.400. The summed E-state index contributed by atoms with van der Waals surface area (Å²) in [6.45, 7) is 4.08. The van der Waals surface area contributed by atoms with Crippen LogP contribution in [-0.4, -0.2) is 47.9 Å². The van der Waals surface area contributed by atoms with E-state index in [4.69, 9.17) is 9.15 Å². The minimum absolute atomic E-state index is 0.0677. The average molecular weight is 376 g/mol. The third-order valence-electron chi connectivity index (χ3n) is 4.08. The summed E-state index contributed by atoms with van der Waals surface area (Å²) >= 11 is 0. The van der Waals surface area contributed by atoms with Gasteiger partial charge in [0, 0.05) is 19.7 Å². The molecule has 0 atom stereocenters. The minimum Gasteiger partial charge on any atom is -0.467 e. The lowest BCUT2D eigenvalue weighted by Crippen LogP contribution is -2.46. The van der Waals surface area contributed by atoms with Crippen LogP contribution in [0.5, 0.6) is 0 Å². The Morgan fingerprint density at radius 2 is 1.81 bits per heavy atom.